The van der Waals surface area contributed by atoms with E-state index in [1.54, 1.807) is 18.2 Å². The molecule has 2 saturated carbocycles. The fourth-order valence-corrected chi connectivity index (χ4v) is 5.73. The van der Waals surface area contributed by atoms with Crippen molar-refractivity contribution in [2.45, 2.75) is 6.42 Å². The number of hydrogen-bond acceptors (Lipinski definition) is 7. The zero-order valence-corrected chi connectivity index (χ0v) is 17.1. The number of non-ortho nitro benzene ring substituents is 1. The first-order valence-corrected chi connectivity index (χ1v) is 10.5. The monoisotopic (exact) mass is 433 g/mol. The average molecular weight is 433 g/mol. The molecule has 9 heteroatoms. The van der Waals surface area contributed by atoms with Gasteiger partial charge in [0.2, 0.25) is 0 Å². The predicted molar refractivity (Wildman–Crippen MR) is 111 cm³/mol. The van der Waals surface area contributed by atoms with E-state index in [-0.39, 0.29) is 41.2 Å². The summed E-state index contributed by atoms with van der Waals surface area (Å²) in [5, 5.41) is 16.2. The second kappa shape index (κ2) is 6.62. The minimum atomic E-state index is -0.501. The van der Waals surface area contributed by atoms with Crippen LogP contribution in [0.2, 0.25) is 0 Å². The summed E-state index contributed by atoms with van der Waals surface area (Å²) >= 11 is 0. The van der Waals surface area contributed by atoms with Crippen molar-refractivity contribution < 1.29 is 23.7 Å². The van der Waals surface area contributed by atoms with Crippen LogP contribution < -0.4 is 4.74 Å². The van der Waals surface area contributed by atoms with Gasteiger partial charge >= 0.3 is 0 Å². The summed E-state index contributed by atoms with van der Waals surface area (Å²) in [7, 11) is 1.42. The highest BCUT2D eigenvalue weighted by molar-refractivity contribution is 6.06. The Morgan fingerprint density at radius 2 is 1.81 bits per heavy atom. The van der Waals surface area contributed by atoms with E-state index in [1.807, 2.05) is 0 Å². The third-order valence-electron chi connectivity index (χ3n) is 7.23. The van der Waals surface area contributed by atoms with Crippen molar-refractivity contribution in [3.05, 3.63) is 58.4 Å². The number of allylic oxidation sites excluding steroid dienone is 2. The van der Waals surface area contributed by atoms with Gasteiger partial charge < -0.3 is 9.15 Å². The van der Waals surface area contributed by atoms with E-state index in [4.69, 9.17) is 9.15 Å². The summed E-state index contributed by atoms with van der Waals surface area (Å²) in [4.78, 5) is 36.4. The lowest BCUT2D eigenvalue weighted by Gasteiger charge is -2.37. The number of ether oxygens (including phenoxy) is 1. The number of methoxy groups -OCH3 is 1. The Morgan fingerprint density at radius 1 is 1.12 bits per heavy atom. The van der Waals surface area contributed by atoms with Gasteiger partial charge in [-0.3, -0.25) is 19.7 Å². The molecule has 1 aliphatic heterocycles. The average Bonchev–Trinajstić information content (AvgIpc) is 3.44. The Labute approximate surface area is 182 Å². The number of hydrazone groups is 1. The fraction of sp³-hybridized carbons (Fsp3) is 0.348. The third kappa shape index (κ3) is 2.60. The number of furan rings is 1. The zero-order chi connectivity index (χ0) is 22.1. The van der Waals surface area contributed by atoms with Crippen LogP contribution in [0.4, 0.5) is 5.69 Å². The molecule has 6 atom stereocenters. The van der Waals surface area contributed by atoms with Crippen LogP contribution in [0.15, 0.2) is 52.0 Å². The topological polar surface area (TPSA) is 115 Å². The summed E-state index contributed by atoms with van der Waals surface area (Å²) in [6.45, 7) is 0. The van der Waals surface area contributed by atoms with Crippen molar-refractivity contribution in [2.24, 2.45) is 40.6 Å². The predicted octanol–water partition coefficient (Wildman–Crippen LogP) is 3.25. The second-order valence-electron chi connectivity index (χ2n) is 8.73. The van der Waals surface area contributed by atoms with Crippen LogP contribution in [0.25, 0.3) is 11.3 Å². The summed E-state index contributed by atoms with van der Waals surface area (Å²) in [5.41, 5.74) is 0.450. The number of hydrogen-bond donors (Lipinski definition) is 0. The molecular weight excluding hydrogens is 414 g/mol. The van der Waals surface area contributed by atoms with E-state index in [0.717, 1.165) is 11.4 Å². The molecule has 0 unspecified atom stereocenters. The highest BCUT2D eigenvalue weighted by Gasteiger charge is 2.67. The minimum absolute atomic E-state index is 0.0902. The van der Waals surface area contributed by atoms with Crippen molar-refractivity contribution in [1.29, 1.82) is 0 Å². The van der Waals surface area contributed by atoms with Gasteiger partial charge in [-0.05, 0) is 48.3 Å². The summed E-state index contributed by atoms with van der Waals surface area (Å²) in [5.74, 6) is 1.39. The standard InChI is InChI=1S/C23H19N3O6/c1-31-19-8-11(26(29)30)2-4-15(19)18-7-3-12(32-18)10-24-25-22(27)20-13-5-6-14(17-9-16(13)17)21(20)23(25)28/h2-8,10,13-14,16-17,20-21H,9H2,1H3/b24-10-/t13-,14-,16-,17-,20+,21+/m0/s1. The molecule has 9 nitrogen and oxygen atoms in total. The van der Waals surface area contributed by atoms with Gasteiger partial charge in [-0.2, -0.15) is 10.1 Å². The largest absolute Gasteiger partial charge is 0.496 e. The van der Waals surface area contributed by atoms with Crippen LogP contribution in [0.1, 0.15) is 12.2 Å². The molecule has 0 radical (unpaired) electrons. The highest BCUT2D eigenvalue weighted by Crippen LogP contribution is 2.65. The van der Waals surface area contributed by atoms with Gasteiger partial charge in [-0.25, -0.2) is 0 Å². The molecule has 7 rings (SSSR count). The zero-order valence-electron chi connectivity index (χ0n) is 17.1. The molecule has 2 aromatic rings. The summed E-state index contributed by atoms with van der Waals surface area (Å²) in [6.07, 6.45) is 6.70. The second-order valence-corrected chi connectivity index (χ2v) is 8.73. The van der Waals surface area contributed by atoms with Crippen LogP contribution in [0.3, 0.4) is 0 Å². The minimum Gasteiger partial charge on any atom is -0.496 e. The maximum atomic E-state index is 13.0. The number of nitro groups is 1. The first-order valence-electron chi connectivity index (χ1n) is 10.5. The third-order valence-corrected chi connectivity index (χ3v) is 7.23. The molecular formula is C23H19N3O6. The van der Waals surface area contributed by atoms with Gasteiger partial charge in [0.25, 0.3) is 17.5 Å². The number of carbonyl (C=O) groups excluding carboxylic acids is 2. The van der Waals surface area contributed by atoms with E-state index in [2.05, 4.69) is 17.3 Å². The first-order chi connectivity index (χ1) is 15.5. The molecule has 2 bridgehead atoms. The lowest BCUT2D eigenvalue weighted by Crippen LogP contribution is -2.40. The number of imide groups is 1. The Kier molecular flexibility index (Phi) is 3.93. The summed E-state index contributed by atoms with van der Waals surface area (Å²) in [6, 6.07) is 7.56. The van der Waals surface area contributed by atoms with E-state index in [1.165, 1.54) is 25.5 Å². The number of benzene rings is 1. The van der Waals surface area contributed by atoms with Crippen LogP contribution in [-0.4, -0.2) is 35.1 Å². The summed E-state index contributed by atoms with van der Waals surface area (Å²) < 4.78 is 11.0. The van der Waals surface area contributed by atoms with E-state index in [0.29, 0.717) is 34.7 Å². The molecule has 3 fully saturated rings. The van der Waals surface area contributed by atoms with Gasteiger partial charge in [0.15, 0.2) is 0 Å². The van der Waals surface area contributed by atoms with Crippen molar-refractivity contribution in [3.63, 3.8) is 0 Å². The molecule has 0 spiro atoms. The Bertz CT molecular complexity index is 1190. The maximum absolute atomic E-state index is 13.0. The number of carbonyl (C=O) groups is 2. The SMILES string of the molecule is COc1cc([N+](=O)[O-])ccc1-c1ccc(/C=N\N2C(=O)[C@@H]3[C@H]4C=C[C@@H]([C@@H]5C[C@@H]45)[C@H]3C2=O)o1. The van der Waals surface area contributed by atoms with Crippen molar-refractivity contribution in [3.8, 4) is 17.1 Å². The molecule has 162 valence electrons. The molecule has 2 heterocycles. The molecule has 1 aromatic heterocycles. The van der Waals surface area contributed by atoms with Gasteiger partial charge in [0.05, 0.1) is 41.7 Å². The first kappa shape index (κ1) is 19.0. The van der Waals surface area contributed by atoms with Crippen molar-refractivity contribution >= 4 is 23.7 Å². The normalized spacial score (nSPS) is 31.8. The van der Waals surface area contributed by atoms with Crippen LogP contribution >= 0.6 is 0 Å². The van der Waals surface area contributed by atoms with Crippen LogP contribution in [0.5, 0.6) is 5.75 Å². The van der Waals surface area contributed by atoms with Gasteiger partial charge in [-0.15, -0.1) is 0 Å². The fourth-order valence-electron chi connectivity index (χ4n) is 5.73. The highest BCUT2D eigenvalue weighted by atomic mass is 16.6. The van der Waals surface area contributed by atoms with E-state index in [9.17, 15) is 19.7 Å². The quantitative estimate of drug-likeness (QED) is 0.235. The lowest BCUT2D eigenvalue weighted by atomic mass is 9.63. The molecule has 2 amide bonds. The Morgan fingerprint density at radius 3 is 2.44 bits per heavy atom. The molecule has 1 aromatic carbocycles. The van der Waals surface area contributed by atoms with Crippen molar-refractivity contribution in [1.82, 2.24) is 5.01 Å². The van der Waals surface area contributed by atoms with Gasteiger partial charge in [0.1, 0.15) is 17.3 Å². The Hall–Kier alpha value is -3.75. The molecule has 5 aliphatic rings. The molecule has 0 N–H and O–H groups in total. The number of nitro benzene ring substituents is 1. The Balaban J connectivity index is 1.24. The van der Waals surface area contributed by atoms with Gasteiger partial charge in [-0.1, -0.05) is 12.2 Å². The van der Waals surface area contributed by atoms with E-state index < -0.39 is 4.92 Å². The van der Waals surface area contributed by atoms with Crippen molar-refractivity contribution in [2.75, 3.05) is 7.11 Å². The molecule has 4 aliphatic carbocycles. The van der Waals surface area contributed by atoms with E-state index >= 15 is 0 Å². The molecule has 32 heavy (non-hydrogen) atoms. The number of rotatable bonds is 5. The van der Waals surface area contributed by atoms with Crippen LogP contribution in [-0.2, 0) is 9.59 Å². The lowest BCUT2D eigenvalue weighted by molar-refractivity contribution is -0.384. The maximum Gasteiger partial charge on any atom is 0.273 e. The number of nitrogens with zero attached hydrogens (tertiary/aromatic N) is 3. The van der Waals surface area contributed by atoms with Crippen LogP contribution in [0, 0.1) is 45.6 Å². The smallest absolute Gasteiger partial charge is 0.273 e. The molecule has 1 saturated heterocycles. The van der Waals surface area contributed by atoms with Gasteiger partial charge in [0, 0.05) is 6.07 Å². The number of amides is 2.